The van der Waals surface area contributed by atoms with Crippen molar-refractivity contribution in [3.05, 3.63) is 76.1 Å². The van der Waals surface area contributed by atoms with Crippen LogP contribution >= 0.6 is 27.3 Å². The summed E-state index contributed by atoms with van der Waals surface area (Å²) in [6.07, 6.45) is 1.63. The predicted octanol–water partition coefficient (Wildman–Crippen LogP) is 6.18. The number of hydrogen-bond donors (Lipinski definition) is 1. The summed E-state index contributed by atoms with van der Waals surface area (Å²) < 4.78 is 0.891. The molecule has 0 aliphatic rings. The molecule has 25 heavy (non-hydrogen) atoms. The van der Waals surface area contributed by atoms with Crippen molar-refractivity contribution in [2.45, 2.75) is 0 Å². The molecule has 1 heterocycles. The number of aromatic nitrogens is 1. The lowest BCUT2D eigenvalue weighted by Crippen LogP contribution is -1.83. The molecule has 0 amide bonds. The molecule has 0 aliphatic heterocycles. The lowest BCUT2D eigenvalue weighted by atomic mass is 10.0. The Bertz CT molecular complexity index is 1080. The van der Waals surface area contributed by atoms with E-state index in [2.05, 4.69) is 50.2 Å². The Labute approximate surface area is 157 Å². The normalized spacial score (nSPS) is 11.4. The first-order valence-corrected chi connectivity index (χ1v) is 9.34. The highest BCUT2D eigenvalue weighted by Crippen LogP contribution is 2.32. The van der Waals surface area contributed by atoms with Gasteiger partial charge >= 0.3 is 0 Å². The molecule has 1 N–H and O–H groups in total. The topological polar surface area (TPSA) is 45.5 Å². The Morgan fingerprint density at radius 2 is 1.88 bits per heavy atom. The van der Waals surface area contributed by atoms with E-state index in [1.807, 2.05) is 29.6 Å². The summed E-state index contributed by atoms with van der Waals surface area (Å²) in [6.45, 7) is 0. The zero-order valence-corrected chi connectivity index (χ0v) is 15.5. The van der Waals surface area contributed by atoms with E-state index in [1.165, 1.54) is 22.1 Å². The fraction of sp³-hybridized carbons (Fsp3) is 0. The highest BCUT2D eigenvalue weighted by atomic mass is 79.9. The Kier molecular flexibility index (Phi) is 4.34. The predicted molar refractivity (Wildman–Crippen MR) is 108 cm³/mol. The van der Waals surface area contributed by atoms with E-state index in [9.17, 15) is 5.11 Å². The lowest BCUT2D eigenvalue weighted by molar-refractivity contribution is 0.474. The number of thiazole rings is 1. The van der Waals surface area contributed by atoms with Crippen LogP contribution in [0.4, 0.5) is 5.13 Å². The van der Waals surface area contributed by atoms with Crippen LogP contribution in [0.25, 0.3) is 22.0 Å². The van der Waals surface area contributed by atoms with Crippen LogP contribution in [-0.2, 0) is 0 Å². The first kappa shape index (κ1) is 16.0. The summed E-state index contributed by atoms with van der Waals surface area (Å²) in [5, 5.41) is 14.9. The molecule has 0 unspecified atom stereocenters. The van der Waals surface area contributed by atoms with Crippen LogP contribution in [0.3, 0.4) is 0 Å². The second-order valence-corrected chi connectivity index (χ2v) is 7.26. The SMILES string of the molecule is Oc1ccc(Br)cc1/C=N/c1nc(-c2cccc3ccccc23)cs1. The van der Waals surface area contributed by atoms with Crippen LogP contribution in [0.15, 0.2) is 75.5 Å². The smallest absolute Gasteiger partial charge is 0.209 e. The molecule has 0 radical (unpaired) electrons. The van der Waals surface area contributed by atoms with E-state index >= 15 is 0 Å². The summed E-state index contributed by atoms with van der Waals surface area (Å²) in [5.74, 6) is 0.192. The first-order chi connectivity index (χ1) is 12.2. The van der Waals surface area contributed by atoms with Crippen molar-refractivity contribution >= 4 is 49.4 Å². The molecule has 4 aromatic rings. The third kappa shape index (κ3) is 3.34. The fourth-order valence-electron chi connectivity index (χ4n) is 2.65. The van der Waals surface area contributed by atoms with Gasteiger partial charge in [-0.25, -0.2) is 9.98 Å². The second kappa shape index (κ2) is 6.78. The molecular weight excluding hydrogens is 396 g/mol. The number of benzene rings is 3. The minimum Gasteiger partial charge on any atom is -0.507 e. The summed E-state index contributed by atoms with van der Waals surface area (Å²) in [7, 11) is 0. The fourth-order valence-corrected chi connectivity index (χ4v) is 3.69. The standard InChI is InChI=1S/C20H13BrN2OS/c21-15-8-9-19(24)14(10-15)11-22-20-23-18(12-25-20)17-7-3-5-13-4-1-2-6-16(13)17/h1-12,24H/b22-11+. The molecule has 5 heteroatoms. The number of aromatic hydroxyl groups is 1. The molecule has 3 aromatic carbocycles. The van der Waals surface area contributed by atoms with Gasteiger partial charge in [0.05, 0.1) is 5.69 Å². The minimum atomic E-state index is 0.192. The van der Waals surface area contributed by atoms with Gasteiger partial charge in [-0.05, 0) is 29.0 Å². The molecule has 1 aromatic heterocycles. The van der Waals surface area contributed by atoms with Gasteiger partial charge in [0.15, 0.2) is 0 Å². The third-order valence-corrected chi connectivity index (χ3v) is 5.10. The molecule has 0 atom stereocenters. The quantitative estimate of drug-likeness (QED) is 0.411. The average molecular weight is 409 g/mol. The van der Waals surface area contributed by atoms with E-state index in [0.717, 1.165) is 15.7 Å². The number of phenolic OH excluding ortho intramolecular Hbond substituents is 1. The maximum absolute atomic E-state index is 9.89. The highest BCUT2D eigenvalue weighted by molar-refractivity contribution is 9.10. The van der Waals surface area contributed by atoms with Crippen LogP contribution in [-0.4, -0.2) is 16.3 Å². The Balaban J connectivity index is 1.68. The number of aliphatic imine (C=N–C) groups is 1. The molecule has 0 bridgehead atoms. The van der Waals surface area contributed by atoms with Crippen molar-refractivity contribution in [2.75, 3.05) is 0 Å². The molecule has 0 spiro atoms. The van der Waals surface area contributed by atoms with Gasteiger partial charge in [-0.15, -0.1) is 11.3 Å². The monoisotopic (exact) mass is 408 g/mol. The van der Waals surface area contributed by atoms with E-state index in [4.69, 9.17) is 0 Å². The molecule has 0 fully saturated rings. The minimum absolute atomic E-state index is 0.192. The Hall–Kier alpha value is -2.50. The highest BCUT2D eigenvalue weighted by Gasteiger charge is 2.07. The molecule has 4 rings (SSSR count). The summed E-state index contributed by atoms with van der Waals surface area (Å²) in [6, 6.07) is 19.7. The van der Waals surface area contributed by atoms with Crippen molar-refractivity contribution < 1.29 is 5.11 Å². The number of rotatable bonds is 3. The van der Waals surface area contributed by atoms with Gasteiger partial charge in [0.2, 0.25) is 5.13 Å². The van der Waals surface area contributed by atoms with Crippen molar-refractivity contribution in [2.24, 2.45) is 4.99 Å². The van der Waals surface area contributed by atoms with Crippen LogP contribution in [0.2, 0.25) is 0 Å². The van der Waals surface area contributed by atoms with E-state index in [0.29, 0.717) is 10.7 Å². The van der Waals surface area contributed by atoms with Gasteiger partial charge in [0.1, 0.15) is 5.75 Å². The lowest BCUT2D eigenvalue weighted by Gasteiger charge is -2.03. The van der Waals surface area contributed by atoms with Crippen molar-refractivity contribution in [3.63, 3.8) is 0 Å². The van der Waals surface area contributed by atoms with Gasteiger partial charge in [-0.1, -0.05) is 58.4 Å². The zero-order valence-electron chi connectivity index (χ0n) is 13.1. The van der Waals surface area contributed by atoms with Gasteiger partial charge in [-0.2, -0.15) is 0 Å². The first-order valence-electron chi connectivity index (χ1n) is 7.67. The van der Waals surface area contributed by atoms with E-state index in [-0.39, 0.29) is 5.75 Å². The molecule has 122 valence electrons. The molecule has 3 nitrogen and oxygen atoms in total. The Morgan fingerprint density at radius 1 is 1.04 bits per heavy atom. The largest absolute Gasteiger partial charge is 0.507 e. The molecule has 0 aliphatic carbocycles. The van der Waals surface area contributed by atoms with Crippen LogP contribution in [0.5, 0.6) is 5.75 Å². The van der Waals surface area contributed by atoms with Crippen LogP contribution in [0.1, 0.15) is 5.56 Å². The van der Waals surface area contributed by atoms with Gasteiger partial charge in [0, 0.05) is 27.2 Å². The van der Waals surface area contributed by atoms with Crippen molar-refractivity contribution in [1.29, 1.82) is 0 Å². The average Bonchev–Trinajstić information content (AvgIpc) is 3.11. The molecule has 0 saturated carbocycles. The summed E-state index contributed by atoms with van der Waals surface area (Å²) in [4.78, 5) is 9.03. The molecular formula is C20H13BrN2OS. The maximum atomic E-state index is 9.89. The summed E-state index contributed by atoms with van der Waals surface area (Å²) >= 11 is 4.87. The number of halogens is 1. The molecule has 0 saturated heterocycles. The number of phenols is 1. The number of hydrogen-bond acceptors (Lipinski definition) is 4. The zero-order chi connectivity index (χ0) is 17.2. The Morgan fingerprint density at radius 3 is 2.80 bits per heavy atom. The van der Waals surface area contributed by atoms with E-state index < -0.39 is 0 Å². The van der Waals surface area contributed by atoms with E-state index in [1.54, 1.807) is 18.3 Å². The van der Waals surface area contributed by atoms with Gasteiger partial charge < -0.3 is 5.11 Å². The third-order valence-electron chi connectivity index (χ3n) is 3.86. The van der Waals surface area contributed by atoms with Gasteiger partial charge in [-0.3, -0.25) is 0 Å². The second-order valence-electron chi connectivity index (χ2n) is 5.50. The van der Waals surface area contributed by atoms with Crippen LogP contribution in [0, 0.1) is 0 Å². The number of nitrogens with zero attached hydrogens (tertiary/aromatic N) is 2. The number of fused-ring (bicyclic) bond motifs is 1. The van der Waals surface area contributed by atoms with Gasteiger partial charge in [0.25, 0.3) is 0 Å². The maximum Gasteiger partial charge on any atom is 0.209 e. The van der Waals surface area contributed by atoms with Crippen molar-refractivity contribution in [3.8, 4) is 17.0 Å². The summed E-state index contributed by atoms with van der Waals surface area (Å²) in [5.41, 5.74) is 2.66. The van der Waals surface area contributed by atoms with Crippen LogP contribution < -0.4 is 0 Å². The van der Waals surface area contributed by atoms with Crippen molar-refractivity contribution in [1.82, 2.24) is 4.98 Å².